The van der Waals surface area contributed by atoms with Crippen molar-refractivity contribution in [2.45, 2.75) is 64.1 Å². The van der Waals surface area contributed by atoms with Gasteiger partial charge in [0.15, 0.2) is 0 Å². The number of hydrogen-bond acceptors (Lipinski definition) is 6. The number of amides is 4. The number of nitrogens with one attached hydrogen (secondary N) is 1. The molecule has 4 heterocycles. The van der Waals surface area contributed by atoms with Gasteiger partial charge in [0.1, 0.15) is 5.69 Å². The first-order valence-corrected chi connectivity index (χ1v) is 18.3. The van der Waals surface area contributed by atoms with Crippen LogP contribution in [0.25, 0.3) is 10.9 Å². The smallest absolute Gasteiger partial charge is 0.364 e. The van der Waals surface area contributed by atoms with Gasteiger partial charge >= 0.3 is 13.3 Å². The predicted molar refractivity (Wildman–Crippen MR) is 186 cm³/mol. The van der Waals surface area contributed by atoms with E-state index < -0.39 is 24.7 Å². The number of nitrogens with two attached hydrogens (primary N) is 1. The lowest BCUT2D eigenvalue weighted by Crippen LogP contribution is -2.44. The van der Waals surface area contributed by atoms with Gasteiger partial charge < -0.3 is 35.2 Å². The van der Waals surface area contributed by atoms with Crippen molar-refractivity contribution in [3.63, 3.8) is 0 Å². The van der Waals surface area contributed by atoms with Gasteiger partial charge in [-0.2, -0.15) is 14.0 Å². The number of primary amides is 1. The molecule has 3 saturated heterocycles. The largest absolute Gasteiger partial charge is 0.399 e. The molecular formula is C35H45F2N6O7P. The van der Waals surface area contributed by atoms with Gasteiger partial charge in [0.25, 0.3) is 5.91 Å². The number of carbonyl (C=O) groups is 4. The second kappa shape index (κ2) is 18.0. The zero-order valence-corrected chi connectivity index (χ0v) is 29.8. The van der Waals surface area contributed by atoms with E-state index in [4.69, 9.17) is 20.8 Å². The molecular weight excluding hydrogens is 685 g/mol. The predicted octanol–water partition coefficient (Wildman–Crippen LogP) is 4.52. The second-order valence-corrected chi connectivity index (χ2v) is 13.8. The van der Waals surface area contributed by atoms with E-state index in [-0.39, 0.29) is 34.7 Å². The number of fused-ring (bicyclic) bond motifs is 2. The van der Waals surface area contributed by atoms with E-state index in [1.165, 1.54) is 12.1 Å². The summed E-state index contributed by atoms with van der Waals surface area (Å²) in [5.41, 5.74) is 1.44. The number of H-pyrrole nitrogens is 1. The van der Waals surface area contributed by atoms with Crippen LogP contribution in [0, 0.1) is 17.2 Å². The second-order valence-electron chi connectivity index (χ2n) is 12.2. The number of halogens is 2. The Morgan fingerprint density at radius 1 is 1.06 bits per heavy atom. The summed E-state index contributed by atoms with van der Waals surface area (Å²) in [6, 6.07) is 16.8. The van der Waals surface area contributed by atoms with Crippen molar-refractivity contribution < 1.29 is 42.3 Å². The van der Waals surface area contributed by atoms with Gasteiger partial charge in [-0.1, -0.05) is 50.2 Å². The summed E-state index contributed by atoms with van der Waals surface area (Å²) in [6.45, 7) is 9.12. The Hall–Kier alpha value is -4.64. The molecule has 5 N–H and O–H groups in total. The Kier molecular flexibility index (Phi) is 14.4. The topological polar surface area (TPSA) is 201 Å². The molecule has 2 aromatic carbocycles. The molecule has 3 aromatic rings. The zero-order valence-electron chi connectivity index (χ0n) is 28.9. The summed E-state index contributed by atoms with van der Waals surface area (Å²) in [5.74, 6) is -0.351. The minimum atomic E-state index is -5.62. The molecule has 1 unspecified atom stereocenters. The van der Waals surface area contributed by atoms with Crippen molar-refractivity contribution >= 4 is 42.6 Å². The number of hydrogen-bond donors (Lipinski definition) is 4. The summed E-state index contributed by atoms with van der Waals surface area (Å²) in [5, 5.41) is 9.23. The van der Waals surface area contributed by atoms with Crippen LogP contribution < -0.4 is 5.73 Å². The summed E-state index contributed by atoms with van der Waals surface area (Å²) >= 11 is 0. The molecule has 4 amide bonds. The first kappa shape index (κ1) is 40.8. The molecule has 13 nitrogen and oxygen atoms in total. The van der Waals surface area contributed by atoms with Crippen molar-refractivity contribution in [3.05, 3.63) is 71.4 Å². The van der Waals surface area contributed by atoms with E-state index in [0.29, 0.717) is 37.6 Å². The quantitative estimate of drug-likeness (QED) is 0.217. The monoisotopic (exact) mass is 730 g/mol. The molecule has 6 rings (SSSR count). The van der Waals surface area contributed by atoms with E-state index in [2.05, 4.69) is 11.1 Å². The number of likely N-dealkylation sites (tertiary alicyclic amines) is 1. The number of nitrogens with zero attached hydrogens (tertiary/aromatic N) is 4. The van der Waals surface area contributed by atoms with E-state index in [1.54, 1.807) is 16.7 Å². The van der Waals surface area contributed by atoms with Gasteiger partial charge in [0.05, 0.1) is 12.0 Å². The van der Waals surface area contributed by atoms with Crippen LogP contribution >= 0.6 is 7.60 Å². The molecule has 0 aliphatic carbocycles. The minimum absolute atomic E-state index is 0.0200. The maximum atomic E-state index is 13.5. The van der Waals surface area contributed by atoms with Crippen molar-refractivity contribution in [1.82, 2.24) is 19.7 Å². The van der Waals surface area contributed by atoms with Crippen molar-refractivity contribution in [2.75, 3.05) is 32.7 Å². The van der Waals surface area contributed by atoms with Crippen molar-refractivity contribution in [1.29, 1.82) is 5.26 Å². The molecule has 3 aliphatic heterocycles. The average Bonchev–Trinajstić information content (AvgIpc) is 3.86. The zero-order chi connectivity index (χ0) is 37.9. The van der Waals surface area contributed by atoms with Crippen LogP contribution in [0.2, 0.25) is 0 Å². The maximum Gasteiger partial charge on any atom is 0.399 e. The fourth-order valence-electron chi connectivity index (χ4n) is 6.28. The first-order chi connectivity index (χ1) is 24.2. The fourth-order valence-corrected chi connectivity index (χ4v) is 6.76. The number of alkyl halides is 2. The molecule has 3 fully saturated rings. The molecule has 276 valence electrons. The van der Waals surface area contributed by atoms with E-state index in [1.807, 2.05) is 49.1 Å². The highest BCUT2D eigenvalue weighted by Gasteiger charge is 2.50. The molecule has 0 bridgehead atoms. The molecule has 51 heavy (non-hydrogen) atoms. The van der Waals surface area contributed by atoms with Crippen LogP contribution in [0.15, 0.2) is 54.6 Å². The third kappa shape index (κ3) is 10.2. The Bertz CT molecular complexity index is 1760. The minimum Gasteiger partial charge on any atom is -0.364 e. The summed E-state index contributed by atoms with van der Waals surface area (Å²) < 4.78 is 37.7. The van der Waals surface area contributed by atoms with Crippen molar-refractivity contribution in [3.8, 4) is 6.07 Å². The van der Waals surface area contributed by atoms with Crippen LogP contribution in [-0.2, 0) is 24.6 Å². The third-order valence-corrected chi connectivity index (χ3v) is 9.95. The fraction of sp³-hybridized carbons (Fsp3) is 0.457. The Morgan fingerprint density at radius 3 is 2.33 bits per heavy atom. The molecule has 1 aromatic heterocycles. The van der Waals surface area contributed by atoms with E-state index >= 15 is 0 Å². The first-order valence-electron chi connectivity index (χ1n) is 16.7. The number of aromatic amines is 1. The lowest BCUT2D eigenvalue weighted by atomic mass is 9.90. The van der Waals surface area contributed by atoms with Crippen LogP contribution in [-0.4, -0.2) is 92.4 Å². The van der Waals surface area contributed by atoms with Gasteiger partial charge in [-0.25, -0.2) is 0 Å². The highest BCUT2D eigenvalue weighted by molar-refractivity contribution is 7.52. The van der Waals surface area contributed by atoms with Gasteiger partial charge in [-0.3, -0.25) is 23.7 Å². The highest BCUT2D eigenvalue weighted by Crippen LogP contribution is 2.59. The number of aromatic nitrogens is 1. The summed E-state index contributed by atoms with van der Waals surface area (Å²) in [7, 11) is -5.62. The lowest BCUT2D eigenvalue weighted by Gasteiger charge is -2.31. The van der Waals surface area contributed by atoms with Gasteiger partial charge in [-0.05, 0) is 43.0 Å². The van der Waals surface area contributed by atoms with Gasteiger partial charge in [0.2, 0.25) is 18.2 Å². The Labute approximate surface area is 295 Å². The molecule has 0 saturated carbocycles. The molecule has 3 atom stereocenters. The molecule has 0 radical (unpaired) electrons. The lowest BCUT2D eigenvalue weighted by molar-refractivity contribution is -0.136. The average molecular weight is 731 g/mol. The standard InChI is InChI=1S/C12H12N2O.C11H18N2O2.C10H9F2N2O4P.C2H6/c13-6-11-7-14(9-15)8-12(11)10-4-2-1-3-5-10;1-9(14)12-7-4-10-3-2-6-13(10)11(15)5-8-12;11-10(12,19(16,17)18)6-1-2-7-5(3-6)4-8(14-7)9(13)15;1-2/h1-5,9,11-12H,7-8H2;10H,2-8H2,1H3;1-4,14H,(H2,13,15)(H2,16,17,18);1-2H3/t11-,12?;10-;;/m01../s1. The van der Waals surface area contributed by atoms with Crippen LogP contribution in [0.4, 0.5) is 8.78 Å². The Morgan fingerprint density at radius 2 is 1.75 bits per heavy atom. The summed E-state index contributed by atoms with van der Waals surface area (Å²) in [4.78, 5) is 70.0. The summed E-state index contributed by atoms with van der Waals surface area (Å²) in [6.07, 6.45) is 4.50. The highest BCUT2D eigenvalue weighted by atomic mass is 31.2. The number of benzene rings is 2. The van der Waals surface area contributed by atoms with Crippen LogP contribution in [0.3, 0.4) is 0 Å². The SMILES string of the molecule is CC.CC(=O)N1CCC(=O)N2CCC[C@@H]2CC1.N#C[C@H]1CN(C=O)CC1c1ccccc1.NC(=O)c1cc2cc(C(F)(F)P(=O)(O)O)ccc2[nH]1. The number of carbonyl (C=O) groups excluding carboxylic acids is 4. The van der Waals surface area contributed by atoms with Gasteiger partial charge in [0, 0.05) is 74.5 Å². The molecule has 0 spiro atoms. The third-order valence-electron chi connectivity index (χ3n) is 8.96. The molecule has 3 aliphatic rings. The van der Waals surface area contributed by atoms with Gasteiger partial charge in [-0.15, -0.1) is 0 Å². The number of nitriles is 1. The van der Waals surface area contributed by atoms with E-state index in [0.717, 1.165) is 56.5 Å². The number of rotatable bonds is 5. The Balaban J connectivity index is 0.000000203. The van der Waals surface area contributed by atoms with Crippen molar-refractivity contribution in [2.24, 2.45) is 11.7 Å². The maximum absolute atomic E-state index is 13.5. The van der Waals surface area contributed by atoms with E-state index in [9.17, 15) is 32.5 Å². The molecule has 16 heteroatoms. The van der Waals surface area contributed by atoms with Crippen LogP contribution in [0.5, 0.6) is 0 Å². The normalized spacial score (nSPS) is 20.2. The van der Waals surface area contributed by atoms with Crippen LogP contribution in [0.1, 0.15) is 74.0 Å².